The monoisotopic (exact) mass is 440 g/mol. The maximum Gasteiger partial charge on any atom is 0.228 e. The van der Waals surface area contributed by atoms with Gasteiger partial charge >= 0.3 is 0 Å². The number of rotatable bonds is 5. The number of piperidine rings is 1. The lowest BCUT2D eigenvalue weighted by molar-refractivity contribution is -0.137. The van der Waals surface area contributed by atoms with Crippen LogP contribution in [0.4, 0.5) is 5.69 Å². The largest absolute Gasteiger partial charge is 0.497 e. The summed E-state index contributed by atoms with van der Waals surface area (Å²) >= 11 is 6.04. The Morgan fingerprint density at radius 2 is 1.74 bits per heavy atom. The van der Waals surface area contributed by atoms with Crippen LogP contribution in [-0.2, 0) is 9.59 Å². The zero-order chi connectivity index (χ0) is 22.0. The maximum absolute atomic E-state index is 13.0. The molecule has 162 valence electrons. The first-order chi connectivity index (χ1) is 15.0. The molecule has 2 amide bonds. The van der Waals surface area contributed by atoms with E-state index in [1.165, 1.54) is 0 Å². The molecular weight excluding hydrogens is 416 g/mol. The van der Waals surface area contributed by atoms with E-state index >= 15 is 0 Å². The summed E-state index contributed by atoms with van der Waals surface area (Å²) in [6, 6.07) is 14.3. The summed E-state index contributed by atoms with van der Waals surface area (Å²) < 4.78 is 5.14. The molecule has 2 fully saturated rings. The second-order valence-electron chi connectivity index (χ2n) is 8.08. The fourth-order valence-corrected chi connectivity index (χ4v) is 4.56. The first-order valence-electron chi connectivity index (χ1n) is 10.5. The van der Waals surface area contributed by atoms with Crippen LogP contribution in [0.5, 0.6) is 5.75 Å². The van der Waals surface area contributed by atoms with Crippen LogP contribution in [0.3, 0.4) is 0 Å². The fourth-order valence-electron chi connectivity index (χ4n) is 4.38. The molecule has 6 nitrogen and oxygen atoms in total. The Kier molecular flexibility index (Phi) is 6.28. The molecule has 1 atom stereocenters. The lowest BCUT2D eigenvalue weighted by atomic mass is 9.88. The number of halogens is 1. The summed E-state index contributed by atoms with van der Waals surface area (Å²) in [7, 11) is 1.59. The molecule has 31 heavy (non-hydrogen) atoms. The Labute approximate surface area is 186 Å². The number of methoxy groups -OCH3 is 1. The highest BCUT2D eigenvalue weighted by molar-refractivity contribution is 6.31. The van der Waals surface area contributed by atoms with E-state index in [9.17, 15) is 14.4 Å². The Hall–Kier alpha value is -2.86. The van der Waals surface area contributed by atoms with E-state index in [0.717, 1.165) is 11.4 Å². The number of ketones is 1. The summed E-state index contributed by atoms with van der Waals surface area (Å²) in [5.41, 5.74) is 1.39. The Morgan fingerprint density at radius 3 is 2.39 bits per heavy atom. The van der Waals surface area contributed by atoms with Gasteiger partial charge in [-0.25, -0.2) is 0 Å². The zero-order valence-corrected chi connectivity index (χ0v) is 18.2. The van der Waals surface area contributed by atoms with Crippen LogP contribution >= 0.6 is 11.6 Å². The SMILES string of the molecule is COc1ccc(C(=O)C2CCN(C(=O)C3CC(=O)N(c4cccc(Cl)c4)C3)CC2)cc1. The van der Waals surface area contributed by atoms with E-state index in [0.29, 0.717) is 43.1 Å². The van der Waals surface area contributed by atoms with E-state index in [4.69, 9.17) is 16.3 Å². The van der Waals surface area contributed by atoms with Gasteiger partial charge in [0.15, 0.2) is 5.78 Å². The van der Waals surface area contributed by atoms with Crippen LogP contribution in [-0.4, -0.2) is 49.2 Å². The van der Waals surface area contributed by atoms with Crippen molar-refractivity contribution >= 4 is 34.9 Å². The third-order valence-corrected chi connectivity index (χ3v) is 6.38. The number of carbonyl (C=O) groups excluding carboxylic acids is 3. The summed E-state index contributed by atoms with van der Waals surface area (Å²) in [5.74, 6) is 0.303. The molecule has 4 rings (SSSR count). The van der Waals surface area contributed by atoms with Gasteiger partial charge in [0, 0.05) is 48.2 Å². The number of amides is 2. The lowest BCUT2D eigenvalue weighted by Crippen LogP contribution is -2.43. The summed E-state index contributed by atoms with van der Waals surface area (Å²) in [5, 5.41) is 0.559. The molecule has 0 N–H and O–H groups in total. The highest BCUT2D eigenvalue weighted by Gasteiger charge is 2.38. The predicted octanol–water partition coefficient (Wildman–Crippen LogP) is 3.82. The smallest absolute Gasteiger partial charge is 0.228 e. The first-order valence-corrected chi connectivity index (χ1v) is 10.9. The number of benzene rings is 2. The van der Waals surface area contributed by atoms with Gasteiger partial charge in [0.2, 0.25) is 11.8 Å². The van der Waals surface area contributed by atoms with Crippen LogP contribution in [0, 0.1) is 11.8 Å². The molecule has 2 aliphatic rings. The molecule has 0 bridgehead atoms. The molecule has 2 aromatic rings. The van der Waals surface area contributed by atoms with Gasteiger partial charge in [-0.05, 0) is 55.3 Å². The Bertz CT molecular complexity index is 983. The minimum absolute atomic E-state index is 0.00627. The molecule has 2 heterocycles. The number of hydrogen-bond donors (Lipinski definition) is 0. The molecule has 2 aromatic carbocycles. The van der Waals surface area contributed by atoms with E-state index in [-0.39, 0.29) is 35.9 Å². The van der Waals surface area contributed by atoms with Crippen LogP contribution in [0.25, 0.3) is 0 Å². The van der Waals surface area contributed by atoms with E-state index in [2.05, 4.69) is 0 Å². The second kappa shape index (κ2) is 9.10. The van der Waals surface area contributed by atoms with Gasteiger partial charge in [0.05, 0.1) is 13.0 Å². The van der Waals surface area contributed by atoms with Crippen molar-refractivity contribution in [3.8, 4) is 5.75 Å². The number of hydrogen-bond acceptors (Lipinski definition) is 4. The molecule has 2 aliphatic heterocycles. The molecule has 0 aliphatic carbocycles. The molecule has 2 saturated heterocycles. The molecule has 0 spiro atoms. The van der Waals surface area contributed by atoms with E-state index in [1.807, 2.05) is 6.07 Å². The average Bonchev–Trinajstić information content (AvgIpc) is 3.20. The summed E-state index contributed by atoms with van der Waals surface area (Å²) in [4.78, 5) is 41.7. The Morgan fingerprint density at radius 1 is 1.03 bits per heavy atom. The highest BCUT2D eigenvalue weighted by Crippen LogP contribution is 2.30. The summed E-state index contributed by atoms with van der Waals surface area (Å²) in [6.45, 7) is 1.43. The predicted molar refractivity (Wildman–Crippen MR) is 119 cm³/mol. The second-order valence-corrected chi connectivity index (χ2v) is 8.51. The van der Waals surface area contributed by atoms with Gasteiger partial charge in [0.1, 0.15) is 5.75 Å². The third kappa shape index (κ3) is 4.59. The Balaban J connectivity index is 1.34. The molecule has 7 heteroatoms. The van der Waals surface area contributed by atoms with Gasteiger partial charge in [-0.1, -0.05) is 17.7 Å². The number of ether oxygens (including phenoxy) is 1. The van der Waals surface area contributed by atoms with Crippen LogP contribution in [0.15, 0.2) is 48.5 Å². The summed E-state index contributed by atoms with van der Waals surface area (Å²) in [6.07, 6.45) is 1.47. The average molecular weight is 441 g/mol. The molecule has 0 aromatic heterocycles. The van der Waals surface area contributed by atoms with E-state index < -0.39 is 0 Å². The highest BCUT2D eigenvalue weighted by atomic mass is 35.5. The molecule has 0 radical (unpaired) electrons. The van der Waals surface area contributed by atoms with Crippen molar-refractivity contribution in [3.05, 3.63) is 59.1 Å². The van der Waals surface area contributed by atoms with Crippen molar-refractivity contribution in [2.45, 2.75) is 19.3 Å². The van der Waals surface area contributed by atoms with Gasteiger partial charge in [0.25, 0.3) is 0 Å². The van der Waals surface area contributed by atoms with Crippen molar-refractivity contribution in [2.24, 2.45) is 11.8 Å². The molecular formula is C24H25ClN2O4. The van der Waals surface area contributed by atoms with Gasteiger partial charge in [-0.3, -0.25) is 14.4 Å². The van der Waals surface area contributed by atoms with Crippen molar-refractivity contribution in [1.29, 1.82) is 0 Å². The first kappa shape index (κ1) is 21.4. The van der Waals surface area contributed by atoms with Crippen molar-refractivity contribution in [1.82, 2.24) is 4.90 Å². The number of carbonyl (C=O) groups is 3. The zero-order valence-electron chi connectivity index (χ0n) is 17.4. The topological polar surface area (TPSA) is 66.9 Å². The maximum atomic E-state index is 13.0. The van der Waals surface area contributed by atoms with Crippen LogP contribution < -0.4 is 9.64 Å². The standard InChI is InChI=1S/C24H25ClN2O4/c1-31-21-7-5-16(6-8-21)23(29)17-9-11-26(12-10-17)24(30)18-13-22(28)27(15-18)20-4-2-3-19(25)14-20/h2-8,14,17-18H,9-13,15H2,1H3. The van der Waals surface area contributed by atoms with Crippen LogP contribution in [0.2, 0.25) is 5.02 Å². The van der Waals surface area contributed by atoms with Crippen molar-refractivity contribution < 1.29 is 19.1 Å². The number of Topliss-reactive ketones (excluding diaryl/α,β-unsaturated/α-hetero) is 1. The van der Waals surface area contributed by atoms with Gasteiger partial charge < -0.3 is 14.5 Å². The molecule has 0 saturated carbocycles. The number of anilines is 1. The third-order valence-electron chi connectivity index (χ3n) is 6.15. The van der Waals surface area contributed by atoms with Gasteiger partial charge in [-0.2, -0.15) is 0 Å². The van der Waals surface area contributed by atoms with E-state index in [1.54, 1.807) is 59.4 Å². The van der Waals surface area contributed by atoms with Gasteiger partial charge in [-0.15, -0.1) is 0 Å². The quantitative estimate of drug-likeness (QED) is 0.663. The number of nitrogens with zero attached hydrogens (tertiary/aromatic N) is 2. The minimum atomic E-state index is -0.361. The number of likely N-dealkylation sites (tertiary alicyclic amines) is 1. The molecule has 1 unspecified atom stereocenters. The fraction of sp³-hybridized carbons (Fsp3) is 0.375. The van der Waals surface area contributed by atoms with Crippen molar-refractivity contribution in [2.75, 3.05) is 31.6 Å². The van der Waals surface area contributed by atoms with Crippen LogP contribution in [0.1, 0.15) is 29.6 Å². The van der Waals surface area contributed by atoms with Crippen molar-refractivity contribution in [3.63, 3.8) is 0 Å². The minimum Gasteiger partial charge on any atom is -0.497 e. The normalized spacial score (nSPS) is 19.5. The lowest BCUT2D eigenvalue weighted by Gasteiger charge is -2.33.